The summed E-state index contributed by atoms with van der Waals surface area (Å²) in [5.41, 5.74) is 3.24. The monoisotopic (exact) mass is 257 g/mol. The van der Waals surface area contributed by atoms with Crippen molar-refractivity contribution < 1.29 is 9.84 Å². The van der Waals surface area contributed by atoms with Gasteiger partial charge in [0.25, 0.3) is 0 Å². The summed E-state index contributed by atoms with van der Waals surface area (Å²) >= 11 is 0. The molecule has 0 spiro atoms. The molecule has 0 bridgehead atoms. The Kier molecular flexibility index (Phi) is 4.42. The standard InChI is InChI=1S/C16H19NO2/c1-12-3-5-13(6-4-12)16(11-18)17-14-7-9-15(19-2)10-8-14/h3-10,16-18H,11H2,1-2H3. The maximum absolute atomic E-state index is 9.52. The van der Waals surface area contributed by atoms with Crippen LogP contribution in [0.15, 0.2) is 48.5 Å². The van der Waals surface area contributed by atoms with Crippen molar-refractivity contribution in [1.82, 2.24) is 0 Å². The van der Waals surface area contributed by atoms with Crippen LogP contribution in [0.25, 0.3) is 0 Å². The molecule has 0 fully saturated rings. The van der Waals surface area contributed by atoms with Gasteiger partial charge in [0.05, 0.1) is 19.8 Å². The molecule has 0 saturated heterocycles. The van der Waals surface area contributed by atoms with Crippen molar-refractivity contribution in [2.45, 2.75) is 13.0 Å². The Morgan fingerprint density at radius 2 is 1.68 bits per heavy atom. The fourth-order valence-corrected chi connectivity index (χ4v) is 1.92. The van der Waals surface area contributed by atoms with Gasteiger partial charge in [0.1, 0.15) is 5.75 Å². The van der Waals surface area contributed by atoms with Crippen molar-refractivity contribution in [1.29, 1.82) is 0 Å². The van der Waals surface area contributed by atoms with E-state index >= 15 is 0 Å². The Labute approximate surface area is 113 Å². The lowest BCUT2D eigenvalue weighted by atomic mass is 10.1. The normalized spacial score (nSPS) is 11.9. The van der Waals surface area contributed by atoms with E-state index in [1.54, 1.807) is 7.11 Å². The minimum atomic E-state index is -0.103. The van der Waals surface area contributed by atoms with Gasteiger partial charge in [0, 0.05) is 5.69 Å². The van der Waals surface area contributed by atoms with Gasteiger partial charge in [0.15, 0.2) is 0 Å². The average molecular weight is 257 g/mol. The molecular formula is C16H19NO2. The lowest BCUT2D eigenvalue weighted by Crippen LogP contribution is -2.14. The Morgan fingerprint density at radius 1 is 1.05 bits per heavy atom. The number of hydrogen-bond acceptors (Lipinski definition) is 3. The highest BCUT2D eigenvalue weighted by atomic mass is 16.5. The van der Waals surface area contributed by atoms with Crippen molar-refractivity contribution in [2.24, 2.45) is 0 Å². The first kappa shape index (κ1) is 13.4. The van der Waals surface area contributed by atoms with Crippen LogP contribution in [0, 0.1) is 6.92 Å². The third-order valence-electron chi connectivity index (χ3n) is 3.09. The molecule has 2 aromatic carbocycles. The van der Waals surface area contributed by atoms with Gasteiger partial charge >= 0.3 is 0 Å². The molecule has 1 atom stereocenters. The molecule has 100 valence electrons. The number of anilines is 1. The van der Waals surface area contributed by atoms with Gasteiger partial charge in [-0.15, -0.1) is 0 Å². The Balaban J connectivity index is 2.11. The molecule has 0 aliphatic carbocycles. The van der Waals surface area contributed by atoms with Crippen molar-refractivity contribution in [3.63, 3.8) is 0 Å². The molecule has 0 aliphatic rings. The summed E-state index contributed by atoms with van der Waals surface area (Å²) in [6.45, 7) is 2.10. The zero-order chi connectivity index (χ0) is 13.7. The fourth-order valence-electron chi connectivity index (χ4n) is 1.92. The van der Waals surface area contributed by atoms with Crippen molar-refractivity contribution in [3.05, 3.63) is 59.7 Å². The summed E-state index contributed by atoms with van der Waals surface area (Å²) in [5, 5.41) is 12.8. The smallest absolute Gasteiger partial charge is 0.119 e. The highest BCUT2D eigenvalue weighted by Gasteiger charge is 2.09. The second-order valence-corrected chi connectivity index (χ2v) is 4.52. The minimum absolute atomic E-state index is 0.0507. The van der Waals surface area contributed by atoms with Gasteiger partial charge in [-0.05, 0) is 36.8 Å². The van der Waals surface area contributed by atoms with E-state index in [-0.39, 0.29) is 12.6 Å². The largest absolute Gasteiger partial charge is 0.497 e. The number of aliphatic hydroxyl groups excluding tert-OH is 1. The molecule has 3 heteroatoms. The summed E-state index contributed by atoms with van der Waals surface area (Å²) in [4.78, 5) is 0. The molecule has 3 nitrogen and oxygen atoms in total. The van der Waals surface area contributed by atoms with E-state index in [2.05, 4.69) is 12.2 Å². The van der Waals surface area contributed by atoms with Crippen LogP contribution in [0.5, 0.6) is 5.75 Å². The Morgan fingerprint density at radius 3 is 2.21 bits per heavy atom. The van der Waals surface area contributed by atoms with E-state index in [0.717, 1.165) is 17.0 Å². The summed E-state index contributed by atoms with van der Waals surface area (Å²) in [5.74, 6) is 0.821. The van der Waals surface area contributed by atoms with Gasteiger partial charge in [-0.3, -0.25) is 0 Å². The zero-order valence-electron chi connectivity index (χ0n) is 11.3. The Hall–Kier alpha value is -2.00. The summed E-state index contributed by atoms with van der Waals surface area (Å²) in [6.07, 6.45) is 0. The molecular weight excluding hydrogens is 238 g/mol. The first-order valence-corrected chi connectivity index (χ1v) is 6.31. The molecule has 0 amide bonds. The Bertz CT molecular complexity index is 505. The average Bonchev–Trinajstić information content (AvgIpc) is 2.46. The van der Waals surface area contributed by atoms with Crippen molar-refractivity contribution in [3.8, 4) is 5.75 Å². The van der Waals surface area contributed by atoms with Crippen LogP contribution in [0.1, 0.15) is 17.2 Å². The molecule has 0 heterocycles. The molecule has 19 heavy (non-hydrogen) atoms. The maximum atomic E-state index is 9.52. The third-order valence-corrected chi connectivity index (χ3v) is 3.09. The lowest BCUT2D eigenvalue weighted by molar-refractivity contribution is 0.276. The zero-order valence-corrected chi connectivity index (χ0v) is 11.3. The van der Waals surface area contributed by atoms with Crippen molar-refractivity contribution in [2.75, 3.05) is 19.0 Å². The van der Waals surface area contributed by atoms with Gasteiger partial charge in [-0.2, -0.15) is 0 Å². The number of aryl methyl sites for hydroxylation is 1. The second kappa shape index (κ2) is 6.25. The molecule has 1 unspecified atom stereocenters. The van der Waals surface area contributed by atoms with Gasteiger partial charge in [-0.25, -0.2) is 0 Å². The number of hydrogen-bond donors (Lipinski definition) is 2. The van der Waals surface area contributed by atoms with Crippen LogP contribution in [-0.2, 0) is 0 Å². The molecule has 0 radical (unpaired) electrons. The number of aliphatic hydroxyl groups is 1. The van der Waals surface area contributed by atoms with E-state index in [1.165, 1.54) is 5.56 Å². The van der Waals surface area contributed by atoms with E-state index in [4.69, 9.17) is 4.74 Å². The molecule has 0 aromatic heterocycles. The minimum Gasteiger partial charge on any atom is -0.497 e. The van der Waals surface area contributed by atoms with Crippen LogP contribution in [-0.4, -0.2) is 18.8 Å². The number of nitrogens with one attached hydrogen (secondary N) is 1. The summed E-state index contributed by atoms with van der Waals surface area (Å²) in [7, 11) is 1.64. The van der Waals surface area contributed by atoms with Crippen LogP contribution in [0.3, 0.4) is 0 Å². The van der Waals surface area contributed by atoms with Gasteiger partial charge in [-0.1, -0.05) is 29.8 Å². The topological polar surface area (TPSA) is 41.5 Å². The lowest BCUT2D eigenvalue weighted by Gasteiger charge is -2.18. The number of benzene rings is 2. The van der Waals surface area contributed by atoms with Gasteiger partial charge in [0.2, 0.25) is 0 Å². The number of methoxy groups -OCH3 is 1. The van der Waals surface area contributed by atoms with E-state index < -0.39 is 0 Å². The highest BCUT2D eigenvalue weighted by molar-refractivity contribution is 5.48. The van der Waals surface area contributed by atoms with Gasteiger partial charge < -0.3 is 15.2 Å². The highest BCUT2D eigenvalue weighted by Crippen LogP contribution is 2.21. The first-order valence-electron chi connectivity index (χ1n) is 6.31. The summed E-state index contributed by atoms with van der Waals surface area (Å²) in [6, 6.07) is 15.7. The molecule has 0 saturated carbocycles. The molecule has 2 N–H and O–H groups in total. The third kappa shape index (κ3) is 3.48. The quantitative estimate of drug-likeness (QED) is 0.864. The van der Waals surface area contributed by atoms with Crippen molar-refractivity contribution >= 4 is 5.69 Å². The maximum Gasteiger partial charge on any atom is 0.119 e. The first-order chi connectivity index (χ1) is 9.22. The van der Waals surface area contributed by atoms with E-state index in [1.807, 2.05) is 48.5 Å². The molecule has 2 rings (SSSR count). The molecule has 0 aliphatic heterocycles. The van der Waals surface area contributed by atoms with E-state index in [0.29, 0.717) is 0 Å². The van der Waals surface area contributed by atoms with Crippen LogP contribution in [0.2, 0.25) is 0 Å². The second-order valence-electron chi connectivity index (χ2n) is 4.52. The predicted octanol–water partition coefficient (Wildman–Crippen LogP) is 3.15. The molecule has 2 aromatic rings. The van der Waals surface area contributed by atoms with Crippen LogP contribution < -0.4 is 10.1 Å². The van der Waals surface area contributed by atoms with Crippen LogP contribution >= 0.6 is 0 Å². The summed E-state index contributed by atoms with van der Waals surface area (Å²) < 4.78 is 5.12. The van der Waals surface area contributed by atoms with Crippen LogP contribution in [0.4, 0.5) is 5.69 Å². The number of rotatable bonds is 5. The fraction of sp³-hybridized carbons (Fsp3) is 0.250. The SMILES string of the molecule is COc1ccc(NC(CO)c2ccc(C)cc2)cc1. The van der Waals surface area contributed by atoms with E-state index in [9.17, 15) is 5.11 Å². The predicted molar refractivity (Wildman–Crippen MR) is 77.6 cm³/mol. The number of ether oxygens (including phenoxy) is 1.